The zero-order valence-electron chi connectivity index (χ0n) is 20.3. The lowest BCUT2D eigenvalue weighted by Gasteiger charge is -2.33. The zero-order chi connectivity index (χ0) is 24.2. The Balaban J connectivity index is 1.31. The summed E-state index contributed by atoms with van der Waals surface area (Å²) in [5.41, 5.74) is 5.29. The smallest absolute Gasteiger partial charge is 0.338 e. The normalized spacial score (nSPS) is 17.0. The first-order valence-electron chi connectivity index (χ1n) is 12.3. The van der Waals surface area contributed by atoms with Gasteiger partial charge in [0.05, 0.1) is 12.7 Å². The molecule has 2 atom stereocenters. The topological polar surface area (TPSA) is 47.6 Å². The minimum Gasteiger partial charge on any atom is -0.489 e. The second-order valence-electron chi connectivity index (χ2n) is 9.17. The molecule has 4 aromatic carbocycles. The Morgan fingerprint density at radius 2 is 1.69 bits per heavy atom. The predicted molar refractivity (Wildman–Crippen MR) is 140 cm³/mol. The molecule has 5 rings (SSSR count). The van der Waals surface area contributed by atoms with E-state index in [-0.39, 0.29) is 18.0 Å². The van der Waals surface area contributed by atoms with Crippen LogP contribution in [0.4, 0.5) is 0 Å². The molecule has 0 aromatic heterocycles. The number of hydrogen-bond donors (Lipinski definition) is 1. The molecule has 0 saturated carbocycles. The van der Waals surface area contributed by atoms with E-state index in [1.165, 1.54) is 29.0 Å². The van der Waals surface area contributed by atoms with Crippen LogP contribution in [-0.2, 0) is 11.2 Å². The van der Waals surface area contributed by atoms with E-state index in [1.807, 2.05) is 31.2 Å². The minimum absolute atomic E-state index is 0.0450. The van der Waals surface area contributed by atoms with Gasteiger partial charge >= 0.3 is 5.97 Å². The fourth-order valence-electron chi connectivity index (χ4n) is 5.27. The van der Waals surface area contributed by atoms with Gasteiger partial charge in [-0.1, -0.05) is 72.8 Å². The molecule has 4 nitrogen and oxygen atoms in total. The highest BCUT2D eigenvalue weighted by Gasteiger charge is 2.30. The predicted octanol–water partition coefficient (Wildman–Crippen LogP) is 6.05. The Bertz CT molecular complexity index is 1340. The van der Waals surface area contributed by atoms with Gasteiger partial charge < -0.3 is 14.8 Å². The van der Waals surface area contributed by atoms with Gasteiger partial charge in [-0.3, -0.25) is 0 Å². The molecule has 0 spiro atoms. The van der Waals surface area contributed by atoms with Crippen LogP contribution < -0.4 is 10.1 Å². The van der Waals surface area contributed by atoms with Gasteiger partial charge in [-0.15, -0.1) is 0 Å². The summed E-state index contributed by atoms with van der Waals surface area (Å²) < 4.78 is 11.4. The van der Waals surface area contributed by atoms with Crippen LogP contribution in [0, 0.1) is 6.92 Å². The van der Waals surface area contributed by atoms with Gasteiger partial charge in [0.15, 0.2) is 0 Å². The summed E-state index contributed by atoms with van der Waals surface area (Å²) in [5.74, 6) is 0.790. The SMILES string of the molecule is COC(=O)c1cccc(C2CC(CNCCc3cccc4ccccc34)Oc3ccccc32)c1C. The van der Waals surface area contributed by atoms with Crippen LogP contribution in [0.25, 0.3) is 10.8 Å². The molecule has 0 radical (unpaired) electrons. The van der Waals surface area contributed by atoms with Gasteiger partial charge in [0.25, 0.3) is 0 Å². The Labute approximate surface area is 206 Å². The second kappa shape index (κ2) is 10.3. The van der Waals surface area contributed by atoms with Crippen LogP contribution in [-0.4, -0.2) is 32.3 Å². The summed E-state index contributed by atoms with van der Waals surface area (Å²) in [5, 5.41) is 6.23. The number of carbonyl (C=O) groups excluding carboxylic acids is 1. The van der Waals surface area contributed by atoms with Gasteiger partial charge in [-0.25, -0.2) is 4.79 Å². The minimum atomic E-state index is -0.295. The molecule has 4 heteroatoms. The van der Waals surface area contributed by atoms with Crippen LogP contribution in [0.3, 0.4) is 0 Å². The highest BCUT2D eigenvalue weighted by molar-refractivity contribution is 5.91. The number of ether oxygens (including phenoxy) is 2. The van der Waals surface area contributed by atoms with Crippen molar-refractivity contribution in [2.75, 3.05) is 20.2 Å². The van der Waals surface area contributed by atoms with Crippen LogP contribution in [0.2, 0.25) is 0 Å². The molecule has 1 aliphatic rings. The van der Waals surface area contributed by atoms with E-state index < -0.39 is 0 Å². The first-order chi connectivity index (χ1) is 17.2. The van der Waals surface area contributed by atoms with Crippen LogP contribution >= 0.6 is 0 Å². The highest BCUT2D eigenvalue weighted by Crippen LogP contribution is 2.41. The third-order valence-electron chi connectivity index (χ3n) is 7.07. The molecule has 178 valence electrons. The number of carbonyl (C=O) groups is 1. The quantitative estimate of drug-likeness (QED) is 0.267. The number of benzene rings is 4. The summed E-state index contributed by atoms with van der Waals surface area (Å²) in [6.45, 7) is 3.67. The van der Waals surface area contributed by atoms with Crippen molar-refractivity contribution < 1.29 is 14.3 Å². The Hall–Kier alpha value is -3.63. The van der Waals surface area contributed by atoms with E-state index in [0.29, 0.717) is 5.56 Å². The molecule has 1 heterocycles. The van der Waals surface area contributed by atoms with Crippen molar-refractivity contribution in [1.29, 1.82) is 0 Å². The highest BCUT2D eigenvalue weighted by atomic mass is 16.5. The van der Waals surface area contributed by atoms with Gasteiger partial charge in [0.2, 0.25) is 0 Å². The third kappa shape index (κ3) is 4.80. The number of methoxy groups -OCH3 is 1. The Morgan fingerprint density at radius 3 is 2.57 bits per heavy atom. The van der Waals surface area contributed by atoms with Gasteiger partial charge in [-0.05, 0) is 65.9 Å². The fraction of sp³-hybridized carbons (Fsp3) is 0.258. The summed E-state index contributed by atoms with van der Waals surface area (Å²) in [4.78, 5) is 12.3. The van der Waals surface area contributed by atoms with Crippen LogP contribution in [0.5, 0.6) is 5.75 Å². The van der Waals surface area contributed by atoms with E-state index in [4.69, 9.17) is 9.47 Å². The van der Waals surface area contributed by atoms with Crippen molar-refractivity contribution in [3.05, 3.63) is 113 Å². The average Bonchev–Trinajstić information content (AvgIpc) is 2.90. The van der Waals surface area contributed by atoms with E-state index in [2.05, 4.69) is 66.0 Å². The molecule has 1 aliphatic heterocycles. The maximum Gasteiger partial charge on any atom is 0.338 e. The van der Waals surface area contributed by atoms with Crippen LogP contribution in [0.1, 0.15) is 45.0 Å². The fourth-order valence-corrected chi connectivity index (χ4v) is 5.27. The maximum absolute atomic E-state index is 12.3. The molecule has 0 aliphatic carbocycles. The molecular weight excluding hydrogens is 434 g/mol. The average molecular weight is 466 g/mol. The number of esters is 1. The molecule has 35 heavy (non-hydrogen) atoms. The first kappa shape index (κ1) is 23.1. The third-order valence-corrected chi connectivity index (χ3v) is 7.07. The first-order valence-corrected chi connectivity index (χ1v) is 12.3. The van der Waals surface area contributed by atoms with E-state index in [1.54, 1.807) is 0 Å². The number of rotatable bonds is 7. The zero-order valence-corrected chi connectivity index (χ0v) is 20.3. The monoisotopic (exact) mass is 465 g/mol. The van der Waals surface area contributed by atoms with E-state index >= 15 is 0 Å². The lowest BCUT2D eigenvalue weighted by atomic mass is 9.81. The number of hydrogen-bond acceptors (Lipinski definition) is 4. The summed E-state index contributed by atoms with van der Waals surface area (Å²) in [6, 6.07) is 29.2. The lowest BCUT2D eigenvalue weighted by Crippen LogP contribution is -2.36. The van der Waals surface area contributed by atoms with Crippen molar-refractivity contribution in [3.63, 3.8) is 0 Å². The Morgan fingerprint density at radius 1 is 0.943 bits per heavy atom. The van der Waals surface area contributed by atoms with Crippen molar-refractivity contribution >= 4 is 16.7 Å². The van der Waals surface area contributed by atoms with E-state index in [9.17, 15) is 4.79 Å². The molecule has 2 unspecified atom stereocenters. The molecule has 0 amide bonds. The molecular formula is C31H31NO3. The van der Waals surface area contributed by atoms with Crippen LogP contribution in [0.15, 0.2) is 84.9 Å². The number of para-hydroxylation sites is 1. The molecule has 0 saturated heterocycles. The molecule has 1 N–H and O–H groups in total. The summed E-state index contributed by atoms with van der Waals surface area (Å²) in [6.07, 6.45) is 1.86. The molecule has 0 fully saturated rings. The largest absolute Gasteiger partial charge is 0.489 e. The maximum atomic E-state index is 12.3. The number of fused-ring (bicyclic) bond motifs is 2. The van der Waals surface area contributed by atoms with E-state index in [0.717, 1.165) is 42.8 Å². The second-order valence-corrected chi connectivity index (χ2v) is 9.17. The molecule has 0 bridgehead atoms. The van der Waals surface area contributed by atoms with Crippen molar-refractivity contribution in [3.8, 4) is 5.75 Å². The standard InChI is InChI=1S/C31H31NO3/c1-21-25(14-8-15-26(21)31(33)34-2)29-19-24(35-30-16-6-5-13-28(29)30)20-32-18-17-23-11-7-10-22-9-3-4-12-27(22)23/h3-16,24,29,32H,17-20H2,1-2H3. The van der Waals surface area contributed by atoms with Gasteiger partial charge in [-0.2, -0.15) is 0 Å². The van der Waals surface area contributed by atoms with Crippen molar-refractivity contribution in [2.24, 2.45) is 0 Å². The Kier molecular flexibility index (Phi) is 6.82. The summed E-state index contributed by atoms with van der Waals surface area (Å²) in [7, 11) is 1.43. The molecule has 4 aromatic rings. The summed E-state index contributed by atoms with van der Waals surface area (Å²) >= 11 is 0. The lowest BCUT2D eigenvalue weighted by molar-refractivity contribution is 0.0599. The van der Waals surface area contributed by atoms with Crippen molar-refractivity contribution in [1.82, 2.24) is 5.32 Å². The van der Waals surface area contributed by atoms with Crippen molar-refractivity contribution in [2.45, 2.75) is 31.8 Å². The number of nitrogens with one attached hydrogen (secondary N) is 1. The van der Waals surface area contributed by atoms with Gasteiger partial charge in [0, 0.05) is 18.0 Å². The van der Waals surface area contributed by atoms with Gasteiger partial charge in [0.1, 0.15) is 11.9 Å².